The maximum atomic E-state index is 12.8. The number of carbonyl (C=O) groups excluding carboxylic acids is 1. The van der Waals surface area contributed by atoms with Crippen molar-refractivity contribution >= 4 is 37.5 Å². The highest BCUT2D eigenvalue weighted by molar-refractivity contribution is 9.10. The number of anilines is 1. The molecule has 0 aliphatic rings. The fraction of sp³-hybridized carbons (Fsp3) is 0.0714. The normalized spacial score (nSPS) is 11.2. The lowest BCUT2D eigenvalue weighted by atomic mass is 10.3. The molecular weight excluding hydrogens is 375 g/mol. The first-order valence-corrected chi connectivity index (χ1v) is 8.45. The Hall–Kier alpha value is -1.77. The molecule has 0 bridgehead atoms. The quantitative estimate of drug-likeness (QED) is 0.828. The van der Waals surface area contributed by atoms with Gasteiger partial charge in [-0.05, 0) is 42.5 Å². The van der Waals surface area contributed by atoms with E-state index in [1.807, 2.05) is 0 Å². The molecular formula is C14H12BrFN2O3S. The van der Waals surface area contributed by atoms with E-state index in [-0.39, 0.29) is 4.90 Å². The number of sulfonamides is 1. The van der Waals surface area contributed by atoms with Gasteiger partial charge in [0.05, 0.1) is 11.4 Å². The Morgan fingerprint density at radius 2 is 1.82 bits per heavy atom. The van der Waals surface area contributed by atoms with Crippen LogP contribution in [0.5, 0.6) is 0 Å². The lowest BCUT2D eigenvalue weighted by molar-refractivity contribution is -0.115. The molecule has 2 aromatic carbocycles. The van der Waals surface area contributed by atoms with Crippen LogP contribution >= 0.6 is 15.9 Å². The summed E-state index contributed by atoms with van der Waals surface area (Å²) < 4.78 is 39.6. The van der Waals surface area contributed by atoms with Gasteiger partial charge in [0.25, 0.3) is 0 Å². The maximum absolute atomic E-state index is 12.8. The fourth-order valence-electron chi connectivity index (χ4n) is 1.63. The van der Waals surface area contributed by atoms with Gasteiger partial charge in [-0.15, -0.1) is 0 Å². The molecule has 0 unspecified atom stereocenters. The Bertz CT molecular complexity index is 779. The van der Waals surface area contributed by atoms with Gasteiger partial charge in [0.1, 0.15) is 5.82 Å². The third kappa shape index (κ3) is 4.62. The maximum Gasteiger partial charge on any atom is 0.241 e. The molecule has 0 radical (unpaired) electrons. The predicted molar refractivity (Wildman–Crippen MR) is 84.4 cm³/mol. The van der Waals surface area contributed by atoms with Crippen LogP contribution in [0.25, 0.3) is 0 Å². The molecule has 0 aromatic heterocycles. The summed E-state index contributed by atoms with van der Waals surface area (Å²) in [5, 5.41) is 2.56. The summed E-state index contributed by atoms with van der Waals surface area (Å²) in [7, 11) is -3.86. The zero-order valence-electron chi connectivity index (χ0n) is 11.2. The second-order valence-corrected chi connectivity index (χ2v) is 7.02. The Morgan fingerprint density at radius 3 is 2.45 bits per heavy atom. The number of benzene rings is 2. The van der Waals surface area contributed by atoms with E-state index in [1.165, 1.54) is 0 Å². The van der Waals surface area contributed by atoms with Crippen LogP contribution in [0.4, 0.5) is 10.1 Å². The van der Waals surface area contributed by atoms with Crippen LogP contribution < -0.4 is 10.0 Å². The summed E-state index contributed by atoms with van der Waals surface area (Å²) in [6, 6.07) is 11.2. The van der Waals surface area contributed by atoms with E-state index in [0.29, 0.717) is 5.69 Å². The van der Waals surface area contributed by atoms with Gasteiger partial charge in [-0.25, -0.2) is 17.5 Å². The molecule has 0 atom stereocenters. The minimum atomic E-state index is -3.86. The van der Waals surface area contributed by atoms with Crippen molar-refractivity contribution in [1.82, 2.24) is 4.72 Å². The molecule has 0 saturated heterocycles. The molecule has 5 nitrogen and oxygen atoms in total. The Balaban J connectivity index is 1.97. The van der Waals surface area contributed by atoms with Crippen LogP contribution in [0.15, 0.2) is 57.9 Å². The van der Waals surface area contributed by atoms with Crippen molar-refractivity contribution in [2.45, 2.75) is 4.90 Å². The Labute approximate surface area is 135 Å². The minimum Gasteiger partial charge on any atom is -0.325 e. The van der Waals surface area contributed by atoms with Crippen LogP contribution in [0, 0.1) is 5.82 Å². The lowest BCUT2D eigenvalue weighted by Gasteiger charge is -2.08. The zero-order chi connectivity index (χ0) is 16.2. The standard InChI is InChI=1S/C14H12BrFN2O3S/c15-10-2-1-3-12(8-10)18-14(19)9-17-22(20,21)13-6-4-11(16)5-7-13/h1-8,17H,9H2,(H,18,19). The van der Waals surface area contributed by atoms with E-state index in [9.17, 15) is 17.6 Å². The summed E-state index contributed by atoms with van der Waals surface area (Å²) >= 11 is 3.27. The van der Waals surface area contributed by atoms with Crippen molar-refractivity contribution in [2.75, 3.05) is 11.9 Å². The average Bonchev–Trinajstić information content (AvgIpc) is 2.46. The van der Waals surface area contributed by atoms with Crippen molar-refractivity contribution in [2.24, 2.45) is 0 Å². The minimum absolute atomic E-state index is 0.107. The van der Waals surface area contributed by atoms with Crippen LogP contribution in [0.2, 0.25) is 0 Å². The molecule has 1 amide bonds. The highest BCUT2D eigenvalue weighted by Gasteiger charge is 2.15. The number of rotatable bonds is 5. The summed E-state index contributed by atoms with van der Waals surface area (Å²) in [4.78, 5) is 11.6. The van der Waals surface area contributed by atoms with Crippen molar-refractivity contribution < 1.29 is 17.6 Å². The predicted octanol–water partition coefficient (Wildman–Crippen LogP) is 2.51. The zero-order valence-corrected chi connectivity index (χ0v) is 13.6. The van der Waals surface area contributed by atoms with E-state index < -0.39 is 28.3 Å². The smallest absolute Gasteiger partial charge is 0.241 e. The summed E-state index contributed by atoms with van der Waals surface area (Å²) in [5.74, 6) is -1.05. The summed E-state index contributed by atoms with van der Waals surface area (Å²) in [5.41, 5.74) is 0.542. The number of amides is 1. The van der Waals surface area contributed by atoms with Crippen molar-refractivity contribution in [3.8, 4) is 0 Å². The summed E-state index contributed by atoms with van der Waals surface area (Å²) in [6.07, 6.45) is 0. The van der Waals surface area contributed by atoms with Gasteiger partial charge in [0, 0.05) is 10.2 Å². The molecule has 0 spiro atoms. The molecule has 0 saturated carbocycles. The SMILES string of the molecule is O=C(CNS(=O)(=O)c1ccc(F)cc1)Nc1cccc(Br)c1. The molecule has 8 heteroatoms. The first-order valence-electron chi connectivity index (χ1n) is 6.17. The third-order valence-electron chi connectivity index (χ3n) is 2.66. The molecule has 0 aliphatic heterocycles. The highest BCUT2D eigenvalue weighted by Crippen LogP contribution is 2.15. The largest absolute Gasteiger partial charge is 0.325 e. The lowest BCUT2D eigenvalue weighted by Crippen LogP contribution is -2.32. The molecule has 0 aliphatic carbocycles. The van der Waals surface area contributed by atoms with E-state index in [0.717, 1.165) is 28.7 Å². The van der Waals surface area contributed by atoms with Gasteiger partial charge in [-0.1, -0.05) is 22.0 Å². The van der Waals surface area contributed by atoms with Gasteiger partial charge < -0.3 is 5.32 Å². The van der Waals surface area contributed by atoms with Crippen molar-refractivity contribution in [3.05, 3.63) is 58.8 Å². The monoisotopic (exact) mass is 386 g/mol. The Morgan fingerprint density at radius 1 is 1.14 bits per heavy atom. The average molecular weight is 387 g/mol. The fourth-order valence-corrected chi connectivity index (χ4v) is 3.01. The second-order valence-electron chi connectivity index (χ2n) is 4.34. The van der Waals surface area contributed by atoms with Crippen LogP contribution in [-0.4, -0.2) is 20.9 Å². The van der Waals surface area contributed by atoms with Gasteiger partial charge in [0.15, 0.2) is 0 Å². The van der Waals surface area contributed by atoms with E-state index in [1.54, 1.807) is 24.3 Å². The molecule has 22 heavy (non-hydrogen) atoms. The van der Waals surface area contributed by atoms with Crippen LogP contribution in [0.1, 0.15) is 0 Å². The molecule has 2 aromatic rings. The van der Waals surface area contributed by atoms with Crippen molar-refractivity contribution in [3.63, 3.8) is 0 Å². The Kier molecular flexibility index (Phi) is 5.28. The molecule has 2 rings (SSSR count). The van der Waals surface area contributed by atoms with E-state index >= 15 is 0 Å². The van der Waals surface area contributed by atoms with Crippen molar-refractivity contribution in [1.29, 1.82) is 0 Å². The van der Waals surface area contributed by atoms with Gasteiger partial charge in [-0.3, -0.25) is 4.79 Å². The molecule has 2 N–H and O–H groups in total. The number of hydrogen-bond donors (Lipinski definition) is 2. The van der Waals surface area contributed by atoms with Gasteiger partial charge >= 0.3 is 0 Å². The topological polar surface area (TPSA) is 75.3 Å². The highest BCUT2D eigenvalue weighted by atomic mass is 79.9. The summed E-state index contributed by atoms with van der Waals surface area (Å²) in [6.45, 7) is -0.424. The molecule has 0 heterocycles. The van der Waals surface area contributed by atoms with E-state index in [4.69, 9.17) is 0 Å². The van der Waals surface area contributed by atoms with Gasteiger partial charge in [-0.2, -0.15) is 0 Å². The number of nitrogens with one attached hydrogen (secondary N) is 2. The first kappa shape index (κ1) is 16.6. The number of hydrogen-bond acceptors (Lipinski definition) is 3. The molecule has 0 fully saturated rings. The number of halogens is 2. The van der Waals surface area contributed by atoms with Gasteiger partial charge in [0.2, 0.25) is 15.9 Å². The van der Waals surface area contributed by atoms with E-state index in [2.05, 4.69) is 26.0 Å². The van der Waals surface area contributed by atoms with Crippen LogP contribution in [-0.2, 0) is 14.8 Å². The third-order valence-corrected chi connectivity index (χ3v) is 4.57. The number of carbonyl (C=O) groups is 1. The molecule has 116 valence electrons. The first-order chi connectivity index (χ1) is 10.4. The van der Waals surface area contributed by atoms with Crippen LogP contribution in [0.3, 0.4) is 0 Å². The second kappa shape index (κ2) is 6.99.